The lowest BCUT2D eigenvalue weighted by molar-refractivity contribution is 0.0757. The van der Waals surface area contributed by atoms with E-state index < -0.39 is 10.0 Å². The second-order valence-corrected chi connectivity index (χ2v) is 9.41. The van der Waals surface area contributed by atoms with Crippen molar-refractivity contribution in [3.63, 3.8) is 0 Å². The smallest absolute Gasteiger partial charge is 0.251 e. The summed E-state index contributed by atoms with van der Waals surface area (Å²) in [4.78, 5) is 12.5. The van der Waals surface area contributed by atoms with E-state index in [4.69, 9.17) is 4.74 Å². The summed E-state index contributed by atoms with van der Waals surface area (Å²) in [5.74, 6) is -0.147. The molecule has 30 heavy (non-hydrogen) atoms. The van der Waals surface area contributed by atoms with Crippen molar-refractivity contribution in [3.8, 4) is 0 Å². The fourth-order valence-electron chi connectivity index (χ4n) is 2.89. The molecule has 2 rings (SSSR count). The molecule has 0 bridgehead atoms. The van der Waals surface area contributed by atoms with Gasteiger partial charge < -0.3 is 10.1 Å². The van der Waals surface area contributed by atoms with E-state index in [0.717, 1.165) is 17.5 Å². The molecule has 1 amide bonds. The monoisotopic (exact) mass is 432 g/mol. The highest BCUT2D eigenvalue weighted by molar-refractivity contribution is 7.89. The van der Waals surface area contributed by atoms with Crippen molar-refractivity contribution in [2.45, 2.75) is 51.7 Å². The molecule has 0 heterocycles. The number of rotatable bonds is 11. The van der Waals surface area contributed by atoms with Crippen LogP contribution < -0.4 is 5.32 Å². The highest BCUT2D eigenvalue weighted by Gasteiger charge is 2.23. The quantitative estimate of drug-likeness (QED) is 0.549. The lowest BCUT2D eigenvalue weighted by Crippen LogP contribution is -2.30. The SMILES string of the molecule is CCN(Cc1ccc(C(=O)NCCCOC(C)C)cc1)S(=O)(=O)c1ccc(C)cc1. The van der Waals surface area contributed by atoms with Gasteiger partial charge in [-0.15, -0.1) is 0 Å². The number of sulfonamides is 1. The van der Waals surface area contributed by atoms with Gasteiger partial charge in [0.2, 0.25) is 10.0 Å². The maximum Gasteiger partial charge on any atom is 0.251 e. The summed E-state index contributed by atoms with van der Waals surface area (Å²) in [6.07, 6.45) is 0.940. The Labute approximate surface area is 180 Å². The molecule has 7 heteroatoms. The largest absolute Gasteiger partial charge is 0.379 e. The van der Waals surface area contributed by atoms with Crippen LogP contribution in [0, 0.1) is 6.92 Å². The summed E-state index contributed by atoms with van der Waals surface area (Å²) in [6, 6.07) is 13.9. The van der Waals surface area contributed by atoms with Crippen molar-refractivity contribution in [1.82, 2.24) is 9.62 Å². The summed E-state index contributed by atoms with van der Waals surface area (Å²) in [5, 5.41) is 2.87. The van der Waals surface area contributed by atoms with Gasteiger partial charge in [-0.05, 0) is 57.0 Å². The Bertz CT molecular complexity index is 907. The molecule has 0 unspecified atom stereocenters. The number of aryl methyl sites for hydroxylation is 1. The minimum absolute atomic E-state index is 0.147. The van der Waals surface area contributed by atoms with E-state index >= 15 is 0 Å². The zero-order valence-electron chi connectivity index (χ0n) is 18.2. The number of hydrogen-bond acceptors (Lipinski definition) is 4. The number of nitrogens with one attached hydrogen (secondary N) is 1. The van der Waals surface area contributed by atoms with E-state index in [9.17, 15) is 13.2 Å². The van der Waals surface area contributed by atoms with Gasteiger partial charge in [0.1, 0.15) is 0 Å². The van der Waals surface area contributed by atoms with E-state index in [1.54, 1.807) is 48.5 Å². The molecule has 1 N–H and O–H groups in total. The maximum absolute atomic E-state index is 12.9. The molecule has 0 aliphatic carbocycles. The Morgan fingerprint density at radius 3 is 2.27 bits per heavy atom. The summed E-state index contributed by atoms with van der Waals surface area (Å²) in [7, 11) is -3.57. The fourth-order valence-corrected chi connectivity index (χ4v) is 4.32. The Hall–Kier alpha value is -2.22. The minimum Gasteiger partial charge on any atom is -0.379 e. The van der Waals surface area contributed by atoms with Gasteiger partial charge in [0.15, 0.2) is 0 Å². The first-order chi connectivity index (χ1) is 14.2. The third kappa shape index (κ3) is 6.93. The third-order valence-corrected chi connectivity index (χ3v) is 6.58. The van der Waals surface area contributed by atoms with Crippen molar-refractivity contribution < 1.29 is 17.9 Å². The molecule has 0 saturated carbocycles. The molecule has 0 aromatic heterocycles. The van der Waals surface area contributed by atoms with Gasteiger partial charge in [0.25, 0.3) is 5.91 Å². The molecular formula is C23H32N2O4S. The van der Waals surface area contributed by atoms with Crippen molar-refractivity contribution in [2.75, 3.05) is 19.7 Å². The Kier molecular flexibility index (Phi) is 9.02. The van der Waals surface area contributed by atoms with Crippen LogP contribution in [0.25, 0.3) is 0 Å². The van der Waals surface area contributed by atoms with E-state index in [2.05, 4.69) is 5.32 Å². The van der Waals surface area contributed by atoms with Gasteiger partial charge in [-0.25, -0.2) is 8.42 Å². The van der Waals surface area contributed by atoms with Crippen LogP contribution >= 0.6 is 0 Å². The zero-order valence-corrected chi connectivity index (χ0v) is 19.0. The fraction of sp³-hybridized carbons (Fsp3) is 0.435. The van der Waals surface area contributed by atoms with Crippen LogP contribution in [0.2, 0.25) is 0 Å². The first kappa shape index (κ1) is 24.1. The number of nitrogens with zero attached hydrogens (tertiary/aromatic N) is 1. The molecule has 0 fully saturated rings. The van der Waals surface area contributed by atoms with Crippen molar-refractivity contribution in [1.29, 1.82) is 0 Å². The normalized spacial score (nSPS) is 11.8. The number of carbonyl (C=O) groups is 1. The number of hydrogen-bond donors (Lipinski definition) is 1. The molecule has 164 valence electrons. The highest BCUT2D eigenvalue weighted by atomic mass is 32.2. The predicted molar refractivity (Wildman–Crippen MR) is 119 cm³/mol. The Morgan fingerprint density at radius 1 is 1.07 bits per heavy atom. The Balaban J connectivity index is 1.96. The molecule has 0 radical (unpaired) electrons. The van der Waals surface area contributed by atoms with Crippen LogP contribution in [0.1, 0.15) is 48.7 Å². The number of amides is 1. The number of benzene rings is 2. The van der Waals surface area contributed by atoms with E-state index in [-0.39, 0.29) is 23.5 Å². The average Bonchev–Trinajstić information content (AvgIpc) is 2.72. The lowest BCUT2D eigenvalue weighted by Gasteiger charge is -2.21. The molecule has 0 spiro atoms. The molecule has 2 aromatic rings. The zero-order chi connectivity index (χ0) is 22.1. The molecule has 0 aliphatic rings. The standard InChI is InChI=1S/C23H32N2O4S/c1-5-25(30(27,28)22-13-7-19(4)8-14-22)17-20-9-11-21(12-10-20)23(26)24-15-6-16-29-18(2)3/h7-14,18H,5-6,15-17H2,1-4H3,(H,24,26). The Morgan fingerprint density at radius 2 is 1.70 bits per heavy atom. The van der Waals surface area contributed by atoms with E-state index in [1.165, 1.54) is 4.31 Å². The van der Waals surface area contributed by atoms with Gasteiger partial charge in [0.05, 0.1) is 11.0 Å². The van der Waals surface area contributed by atoms with E-state index in [1.807, 2.05) is 27.7 Å². The van der Waals surface area contributed by atoms with Gasteiger partial charge in [-0.2, -0.15) is 4.31 Å². The number of ether oxygens (including phenoxy) is 1. The minimum atomic E-state index is -3.57. The summed E-state index contributed by atoms with van der Waals surface area (Å²) in [5.41, 5.74) is 2.39. The topological polar surface area (TPSA) is 75.7 Å². The first-order valence-corrected chi connectivity index (χ1v) is 11.7. The number of carbonyl (C=O) groups excluding carboxylic acids is 1. The van der Waals surface area contributed by atoms with E-state index in [0.29, 0.717) is 25.3 Å². The van der Waals surface area contributed by atoms with Crippen molar-refractivity contribution >= 4 is 15.9 Å². The first-order valence-electron chi connectivity index (χ1n) is 10.3. The van der Waals surface area contributed by atoms with Gasteiger partial charge in [-0.1, -0.05) is 36.8 Å². The summed E-state index contributed by atoms with van der Waals surface area (Å²) in [6.45, 7) is 9.46. The van der Waals surface area contributed by atoms with Crippen LogP contribution in [-0.4, -0.2) is 44.4 Å². The van der Waals surface area contributed by atoms with Crippen molar-refractivity contribution in [2.24, 2.45) is 0 Å². The second kappa shape index (κ2) is 11.2. The average molecular weight is 433 g/mol. The summed E-state index contributed by atoms with van der Waals surface area (Å²) >= 11 is 0. The maximum atomic E-state index is 12.9. The van der Waals surface area contributed by atoms with Gasteiger partial charge in [0, 0.05) is 31.8 Å². The molecule has 0 saturated heterocycles. The predicted octanol–water partition coefficient (Wildman–Crippen LogP) is 3.75. The molecular weight excluding hydrogens is 400 g/mol. The third-order valence-electron chi connectivity index (χ3n) is 4.64. The molecule has 2 aromatic carbocycles. The van der Waals surface area contributed by atoms with Crippen LogP contribution in [0.4, 0.5) is 0 Å². The van der Waals surface area contributed by atoms with Crippen molar-refractivity contribution in [3.05, 3.63) is 65.2 Å². The highest BCUT2D eigenvalue weighted by Crippen LogP contribution is 2.19. The molecule has 6 nitrogen and oxygen atoms in total. The van der Waals surface area contributed by atoms with Gasteiger partial charge in [-0.3, -0.25) is 4.79 Å². The van der Waals surface area contributed by atoms with Gasteiger partial charge >= 0.3 is 0 Å². The van der Waals surface area contributed by atoms with Crippen LogP contribution in [0.3, 0.4) is 0 Å². The molecule has 0 aliphatic heterocycles. The lowest BCUT2D eigenvalue weighted by atomic mass is 10.1. The summed E-state index contributed by atoms with van der Waals surface area (Å²) < 4.78 is 32.7. The van der Waals surface area contributed by atoms with Crippen LogP contribution in [0.5, 0.6) is 0 Å². The molecule has 0 atom stereocenters. The second-order valence-electron chi connectivity index (χ2n) is 7.47. The van der Waals surface area contributed by atoms with Crippen LogP contribution in [-0.2, 0) is 21.3 Å². The van der Waals surface area contributed by atoms with Crippen LogP contribution in [0.15, 0.2) is 53.4 Å².